The number of hydrogen-bond donors (Lipinski definition) is 0. The number of furan rings is 1. The summed E-state index contributed by atoms with van der Waals surface area (Å²) in [5, 5.41) is 0.488. The average Bonchev–Trinajstić information content (AvgIpc) is 3.40. The van der Waals surface area contributed by atoms with Gasteiger partial charge in [-0.25, -0.2) is 9.37 Å². The number of anilines is 1. The van der Waals surface area contributed by atoms with Gasteiger partial charge in [0.05, 0.1) is 17.5 Å². The summed E-state index contributed by atoms with van der Waals surface area (Å²) in [6.07, 6.45) is 2.71. The number of fused-ring (bicyclic) bond motifs is 1. The van der Waals surface area contributed by atoms with E-state index in [2.05, 4.69) is 17.1 Å². The lowest BCUT2D eigenvalue weighted by atomic mass is 10.3. The van der Waals surface area contributed by atoms with Gasteiger partial charge in [-0.15, -0.1) is 11.8 Å². The zero-order chi connectivity index (χ0) is 20.1. The Hall–Kier alpha value is -2.64. The number of carbonyl (C=O) groups excluding carboxylic acids is 1. The molecule has 0 unspecified atom stereocenters. The quantitative estimate of drug-likeness (QED) is 0.251. The molecular weight excluding hydrogens is 407 g/mol. The van der Waals surface area contributed by atoms with Crippen LogP contribution >= 0.6 is 23.1 Å². The molecule has 4 nitrogen and oxygen atoms in total. The average molecular weight is 427 g/mol. The zero-order valence-electron chi connectivity index (χ0n) is 15.6. The summed E-state index contributed by atoms with van der Waals surface area (Å²) >= 11 is 3.04. The third kappa shape index (κ3) is 4.86. The molecular formula is C22H19FN2O2S2. The van der Waals surface area contributed by atoms with E-state index in [4.69, 9.17) is 4.42 Å². The molecule has 0 fully saturated rings. The van der Waals surface area contributed by atoms with Crippen LogP contribution in [0.15, 0.2) is 76.2 Å². The first kappa shape index (κ1) is 19.7. The summed E-state index contributed by atoms with van der Waals surface area (Å²) in [5.41, 5.74) is 0.296. The fourth-order valence-corrected chi connectivity index (χ4v) is 4.78. The van der Waals surface area contributed by atoms with Gasteiger partial charge in [0.25, 0.3) is 0 Å². The molecule has 0 N–H and O–H groups in total. The van der Waals surface area contributed by atoms with E-state index in [-0.39, 0.29) is 18.3 Å². The van der Waals surface area contributed by atoms with Gasteiger partial charge < -0.3 is 4.42 Å². The highest BCUT2D eigenvalue weighted by molar-refractivity contribution is 7.99. The minimum absolute atomic E-state index is 0.0467. The van der Waals surface area contributed by atoms with Crippen molar-refractivity contribution in [3.63, 3.8) is 0 Å². The SMILES string of the molecule is O=C(CCCSc1ccccc1)N(Cc1ccco1)c1nc2c(F)cccc2s1. The van der Waals surface area contributed by atoms with Crippen LogP contribution in [-0.2, 0) is 11.3 Å². The molecule has 0 atom stereocenters. The van der Waals surface area contributed by atoms with E-state index in [1.54, 1.807) is 35.1 Å². The van der Waals surface area contributed by atoms with Gasteiger partial charge in [0, 0.05) is 11.3 Å². The smallest absolute Gasteiger partial charge is 0.229 e. The highest BCUT2D eigenvalue weighted by Gasteiger charge is 2.21. The largest absolute Gasteiger partial charge is 0.467 e. The summed E-state index contributed by atoms with van der Waals surface area (Å²) < 4.78 is 20.2. The number of thiazole rings is 1. The molecule has 0 spiro atoms. The summed E-state index contributed by atoms with van der Waals surface area (Å²) in [6, 6.07) is 18.6. The fraction of sp³-hybridized carbons (Fsp3) is 0.182. The Bertz CT molecular complexity index is 1080. The van der Waals surface area contributed by atoms with E-state index in [9.17, 15) is 9.18 Å². The van der Waals surface area contributed by atoms with E-state index in [0.717, 1.165) is 16.9 Å². The second kappa shape index (κ2) is 9.24. The van der Waals surface area contributed by atoms with Crippen LogP contribution in [0.1, 0.15) is 18.6 Å². The minimum atomic E-state index is -0.380. The topological polar surface area (TPSA) is 46.3 Å². The fourth-order valence-electron chi connectivity index (χ4n) is 2.90. The van der Waals surface area contributed by atoms with Gasteiger partial charge in [-0.05, 0) is 48.6 Å². The van der Waals surface area contributed by atoms with E-state index in [0.29, 0.717) is 22.8 Å². The molecule has 0 saturated heterocycles. The molecule has 1 amide bonds. The molecule has 29 heavy (non-hydrogen) atoms. The Morgan fingerprint density at radius 2 is 1.97 bits per heavy atom. The van der Waals surface area contributed by atoms with Gasteiger partial charge in [0.1, 0.15) is 17.1 Å². The van der Waals surface area contributed by atoms with E-state index < -0.39 is 0 Å². The number of hydrogen-bond acceptors (Lipinski definition) is 5. The maximum absolute atomic E-state index is 14.1. The molecule has 2 aromatic carbocycles. The van der Waals surface area contributed by atoms with Crippen molar-refractivity contribution in [1.82, 2.24) is 4.98 Å². The van der Waals surface area contributed by atoms with Gasteiger partial charge in [0.15, 0.2) is 5.13 Å². The number of benzene rings is 2. The number of rotatable bonds is 8. The lowest BCUT2D eigenvalue weighted by Gasteiger charge is -2.18. The first-order valence-corrected chi connectivity index (χ1v) is 11.1. The molecule has 0 aliphatic heterocycles. The first-order valence-electron chi connectivity index (χ1n) is 9.26. The molecule has 0 aliphatic rings. The standard InChI is InChI=1S/C22H19FN2O2S2/c23-18-10-4-11-19-21(18)24-22(29-19)25(15-16-7-5-13-27-16)20(26)12-6-14-28-17-8-2-1-3-9-17/h1-5,7-11,13H,6,12,14-15H2. The monoisotopic (exact) mass is 426 g/mol. The summed E-state index contributed by atoms with van der Waals surface area (Å²) in [7, 11) is 0. The third-order valence-corrected chi connectivity index (χ3v) is 6.47. The van der Waals surface area contributed by atoms with Crippen molar-refractivity contribution in [2.45, 2.75) is 24.3 Å². The van der Waals surface area contributed by atoms with E-state index >= 15 is 0 Å². The van der Waals surface area contributed by atoms with E-state index in [1.165, 1.54) is 22.3 Å². The molecule has 2 aromatic heterocycles. The van der Waals surface area contributed by atoms with Crippen molar-refractivity contribution in [2.75, 3.05) is 10.7 Å². The number of nitrogens with zero attached hydrogens (tertiary/aromatic N) is 2. The van der Waals surface area contributed by atoms with Crippen LogP contribution in [0.5, 0.6) is 0 Å². The predicted molar refractivity (Wildman–Crippen MR) is 116 cm³/mol. The first-order chi connectivity index (χ1) is 14.2. The van der Waals surface area contributed by atoms with E-state index in [1.807, 2.05) is 30.3 Å². The predicted octanol–water partition coefficient (Wildman–Crippen LogP) is 6.13. The molecule has 0 aliphatic carbocycles. The summed E-state index contributed by atoms with van der Waals surface area (Å²) in [6.45, 7) is 0.277. The summed E-state index contributed by atoms with van der Waals surface area (Å²) in [5.74, 6) is 1.08. The van der Waals surface area contributed by atoms with Crippen molar-refractivity contribution in [3.8, 4) is 0 Å². The minimum Gasteiger partial charge on any atom is -0.467 e. The zero-order valence-corrected chi connectivity index (χ0v) is 17.2. The van der Waals surface area contributed by atoms with Crippen LogP contribution in [-0.4, -0.2) is 16.6 Å². The lowest BCUT2D eigenvalue weighted by Crippen LogP contribution is -2.30. The molecule has 148 valence electrons. The normalized spacial score (nSPS) is 11.1. The Balaban J connectivity index is 1.47. The highest BCUT2D eigenvalue weighted by Crippen LogP contribution is 2.32. The highest BCUT2D eigenvalue weighted by atomic mass is 32.2. The van der Waals surface area contributed by atoms with Crippen molar-refractivity contribution in [2.24, 2.45) is 0 Å². The van der Waals surface area contributed by atoms with Gasteiger partial charge in [-0.2, -0.15) is 0 Å². The van der Waals surface area contributed by atoms with Gasteiger partial charge in [0.2, 0.25) is 5.91 Å². The second-order valence-corrected chi connectivity index (χ2v) is 8.58. The number of halogens is 1. The molecule has 0 saturated carbocycles. The molecule has 7 heteroatoms. The van der Waals surface area contributed by atoms with Crippen molar-refractivity contribution in [1.29, 1.82) is 0 Å². The Kier molecular flexibility index (Phi) is 6.27. The number of amides is 1. The molecule has 4 rings (SSSR count). The third-order valence-electron chi connectivity index (χ3n) is 4.33. The van der Waals surface area contributed by atoms with Crippen molar-refractivity contribution in [3.05, 3.63) is 78.5 Å². The Morgan fingerprint density at radius 1 is 1.10 bits per heavy atom. The van der Waals surface area contributed by atoms with Crippen molar-refractivity contribution >= 4 is 44.4 Å². The van der Waals surface area contributed by atoms with Crippen LogP contribution in [0.3, 0.4) is 0 Å². The van der Waals surface area contributed by atoms with Crippen LogP contribution in [0.4, 0.5) is 9.52 Å². The maximum atomic E-state index is 14.1. The molecule has 0 bridgehead atoms. The van der Waals surface area contributed by atoms with Gasteiger partial charge in [-0.3, -0.25) is 9.69 Å². The Morgan fingerprint density at radius 3 is 2.72 bits per heavy atom. The lowest BCUT2D eigenvalue weighted by molar-refractivity contribution is -0.118. The molecule has 2 heterocycles. The maximum Gasteiger partial charge on any atom is 0.229 e. The van der Waals surface area contributed by atoms with Gasteiger partial charge >= 0.3 is 0 Å². The van der Waals surface area contributed by atoms with Crippen LogP contribution in [0.2, 0.25) is 0 Å². The number of aromatic nitrogens is 1. The molecule has 0 radical (unpaired) electrons. The molecule has 4 aromatic rings. The van der Waals surface area contributed by atoms with Crippen LogP contribution < -0.4 is 4.90 Å². The van der Waals surface area contributed by atoms with Gasteiger partial charge in [-0.1, -0.05) is 35.6 Å². The van der Waals surface area contributed by atoms with Crippen molar-refractivity contribution < 1.29 is 13.6 Å². The summed E-state index contributed by atoms with van der Waals surface area (Å²) in [4.78, 5) is 20.2. The second-order valence-electron chi connectivity index (χ2n) is 6.41. The number of carbonyl (C=O) groups is 1. The number of para-hydroxylation sites is 1. The Labute approximate surface area is 176 Å². The van der Waals surface area contributed by atoms with Crippen LogP contribution in [0.25, 0.3) is 10.2 Å². The van der Waals surface area contributed by atoms with Crippen LogP contribution in [0, 0.1) is 5.82 Å². The number of thioether (sulfide) groups is 1.